The lowest BCUT2D eigenvalue weighted by molar-refractivity contribution is -0.116. The van der Waals surface area contributed by atoms with Crippen molar-refractivity contribution in [2.45, 2.75) is 16.3 Å². The molecule has 0 saturated carbocycles. The van der Waals surface area contributed by atoms with Crippen LogP contribution in [0.1, 0.15) is 0 Å². The molecule has 1 amide bonds. The number of amides is 1. The Bertz CT molecular complexity index is 1060. The maximum atomic E-state index is 12.5. The third-order valence-corrected chi connectivity index (χ3v) is 6.95. The minimum Gasteiger partial charge on any atom is -0.497 e. The Balaban J connectivity index is 2.36. The predicted molar refractivity (Wildman–Crippen MR) is 105 cm³/mol. The van der Waals surface area contributed by atoms with Gasteiger partial charge >= 0.3 is 0 Å². The number of nitrogens with zero attached hydrogens (tertiary/aromatic N) is 1. The zero-order valence-electron chi connectivity index (χ0n) is 16.2. The van der Waals surface area contributed by atoms with Crippen molar-refractivity contribution in [2.24, 2.45) is 0 Å². The lowest BCUT2D eigenvalue weighted by Gasteiger charge is -2.12. The Labute approximate surface area is 169 Å². The molecule has 1 aromatic heterocycles. The number of methoxy groups -OCH3 is 2. The molecular weight excluding hydrogens is 424 g/mol. The molecule has 2 aromatic rings. The number of anilines is 1. The second kappa shape index (κ2) is 8.82. The van der Waals surface area contributed by atoms with Crippen LogP contribution in [0.25, 0.3) is 0 Å². The Hall–Kier alpha value is -2.61. The number of sulfonamides is 2. The van der Waals surface area contributed by atoms with Gasteiger partial charge < -0.3 is 19.4 Å². The van der Waals surface area contributed by atoms with Crippen LogP contribution in [-0.2, 0) is 31.4 Å². The van der Waals surface area contributed by atoms with Gasteiger partial charge in [0.1, 0.15) is 27.8 Å². The summed E-state index contributed by atoms with van der Waals surface area (Å²) in [5, 5.41) is 2.62. The molecule has 0 radical (unpaired) electrons. The fourth-order valence-corrected chi connectivity index (χ4v) is 4.73. The standard InChI is InChI=1S/C16H22N4O7S2/c1-17-28(22,23)14-8-20(9-15(14)29(24,25)18-2)10-16(21)19-12-7-11(26-3)5-6-13(12)27-4/h5-9,17-18H,10H2,1-4H3,(H,19,21). The highest BCUT2D eigenvalue weighted by Crippen LogP contribution is 2.29. The summed E-state index contributed by atoms with van der Waals surface area (Å²) in [4.78, 5) is 11.5. The summed E-state index contributed by atoms with van der Waals surface area (Å²) in [6, 6.07) is 4.82. The number of ether oxygens (including phenoxy) is 2. The number of rotatable bonds is 9. The van der Waals surface area contributed by atoms with Crippen molar-refractivity contribution < 1.29 is 31.1 Å². The van der Waals surface area contributed by atoms with Crippen molar-refractivity contribution in [3.05, 3.63) is 30.6 Å². The van der Waals surface area contributed by atoms with Crippen LogP contribution in [0, 0.1) is 0 Å². The van der Waals surface area contributed by atoms with Gasteiger partial charge in [-0.2, -0.15) is 0 Å². The molecule has 1 heterocycles. The molecule has 13 heteroatoms. The third-order valence-electron chi connectivity index (χ3n) is 3.93. The summed E-state index contributed by atoms with van der Waals surface area (Å²) in [5.41, 5.74) is 0.343. The molecule has 0 spiro atoms. The van der Waals surface area contributed by atoms with E-state index in [0.717, 1.165) is 31.1 Å². The van der Waals surface area contributed by atoms with Crippen molar-refractivity contribution in [2.75, 3.05) is 33.6 Å². The highest BCUT2D eigenvalue weighted by Gasteiger charge is 2.27. The number of carbonyl (C=O) groups is 1. The van der Waals surface area contributed by atoms with Gasteiger partial charge in [-0.1, -0.05) is 0 Å². The fraction of sp³-hybridized carbons (Fsp3) is 0.312. The molecule has 160 valence electrons. The molecular formula is C16H22N4O7S2. The zero-order valence-corrected chi connectivity index (χ0v) is 17.8. The van der Waals surface area contributed by atoms with E-state index in [9.17, 15) is 21.6 Å². The fourth-order valence-electron chi connectivity index (χ4n) is 2.45. The molecule has 0 atom stereocenters. The monoisotopic (exact) mass is 446 g/mol. The van der Waals surface area contributed by atoms with Crippen molar-refractivity contribution in [3.8, 4) is 11.5 Å². The Morgan fingerprint density at radius 3 is 1.97 bits per heavy atom. The first-order valence-corrected chi connectivity index (χ1v) is 11.1. The molecule has 0 saturated heterocycles. The lowest BCUT2D eigenvalue weighted by atomic mass is 10.2. The quantitative estimate of drug-likeness (QED) is 0.490. The molecule has 3 N–H and O–H groups in total. The number of benzene rings is 1. The van der Waals surface area contributed by atoms with Gasteiger partial charge in [0.05, 0.1) is 19.9 Å². The van der Waals surface area contributed by atoms with Gasteiger partial charge in [0.15, 0.2) is 0 Å². The van der Waals surface area contributed by atoms with E-state index in [4.69, 9.17) is 9.47 Å². The minimum absolute atomic E-state index is 0.341. The van der Waals surface area contributed by atoms with E-state index in [1.165, 1.54) is 14.2 Å². The largest absolute Gasteiger partial charge is 0.497 e. The van der Waals surface area contributed by atoms with Crippen LogP contribution < -0.4 is 24.2 Å². The summed E-state index contributed by atoms with van der Waals surface area (Å²) < 4.78 is 64.3. The normalized spacial score (nSPS) is 11.9. The van der Waals surface area contributed by atoms with Crippen LogP contribution in [0.2, 0.25) is 0 Å². The third kappa shape index (κ3) is 5.06. The van der Waals surface area contributed by atoms with Gasteiger partial charge in [-0.05, 0) is 26.2 Å². The van der Waals surface area contributed by atoms with Crippen LogP contribution in [-0.4, -0.2) is 55.6 Å². The van der Waals surface area contributed by atoms with Crippen LogP contribution >= 0.6 is 0 Å². The summed E-state index contributed by atoms with van der Waals surface area (Å²) in [5.74, 6) is 0.351. The first-order chi connectivity index (χ1) is 13.6. The van der Waals surface area contributed by atoms with E-state index < -0.39 is 35.7 Å². The van der Waals surface area contributed by atoms with E-state index in [1.807, 2.05) is 0 Å². The Morgan fingerprint density at radius 2 is 1.52 bits per heavy atom. The van der Waals surface area contributed by atoms with Gasteiger partial charge in [0, 0.05) is 18.5 Å². The van der Waals surface area contributed by atoms with E-state index in [-0.39, 0.29) is 6.54 Å². The zero-order chi connectivity index (χ0) is 21.8. The van der Waals surface area contributed by atoms with Crippen molar-refractivity contribution >= 4 is 31.6 Å². The van der Waals surface area contributed by atoms with E-state index in [2.05, 4.69) is 14.8 Å². The van der Waals surface area contributed by atoms with Gasteiger partial charge in [0.2, 0.25) is 26.0 Å². The number of aromatic nitrogens is 1. The van der Waals surface area contributed by atoms with Crippen molar-refractivity contribution in [1.29, 1.82) is 0 Å². The predicted octanol–water partition coefficient (Wildman–Crippen LogP) is -0.0398. The summed E-state index contributed by atoms with van der Waals surface area (Å²) in [6.07, 6.45) is 2.14. The summed E-state index contributed by atoms with van der Waals surface area (Å²) in [6.45, 7) is -0.341. The van der Waals surface area contributed by atoms with E-state index >= 15 is 0 Å². The van der Waals surface area contributed by atoms with Gasteiger partial charge in [0.25, 0.3) is 0 Å². The molecule has 0 aliphatic heterocycles. The van der Waals surface area contributed by atoms with E-state index in [1.54, 1.807) is 18.2 Å². The second-order valence-electron chi connectivity index (χ2n) is 5.69. The molecule has 1 aromatic carbocycles. The summed E-state index contributed by atoms with van der Waals surface area (Å²) >= 11 is 0. The maximum Gasteiger partial charge on any atom is 0.244 e. The average molecular weight is 447 g/mol. The average Bonchev–Trinajstić information content (AvgIpc) is 3.13. The molecule has 29 heavy (non-hydrogen) atoms. The SMILES string of the molecule is CNS(=O)(=O)c1cn(CC(=O)Nc2cc(OC)ccc2OC)cc1S(=O)(=O)NC. The molecule has 0 aliphatic carbocycles. The second-order valence-corrected chi connectivity index (χ2v) is 9.40. The number of hydrogen-bond acceptors (Lipinski definition) is 7. The number of carbonyl (C=O) groups excluding carboxylic acids is 1. The Morgan fingerprint density at radius 1 is 0.966 bits per heavy atom. The molecule has 11 nitrogen and oxygen atoms in total. The number of hydrogen-bond donors (Lipinski definition) is 3. The van der Waals surface area contributed by atoms with Gasteiger partial charge in [-0.15, -0.1) is 0 Å². The van der Waals surface area contributed by atoms with Crippen LogP contribution in [0.15, 0.2) is 40.4 Å². The van der Waals surface area contributed by atoms with E-state index in [0.29, 0.717) is 17.2 Å². The van der Waals surface area contributed by atoms with Crippen LogP contribution in [0.4, 0.5) is 5.69 Å². The lowest BCUT2D eigenvalue weighted by Crippen LogP contribution is -2.24. The Kier molecular flexibility index (Phi) is 6.89. The first-order valence-electron chi connectivity index (χ1n) is 8.16. The highest BCUT2D eigenvalue weighted by atomic mass is 32.2. The van der Waals surface area contributed by atoms with Gasteiger partial charge in [-0.3, -0.25) is 4.79 Å². The van der Waals surface area contributed by atoms with Crippen LogP contribution in [0.5, 0.6) is 11.5 Å². The van der Waals surface area contributed by atoms with Crippen LogP contribution in [0.3, 0.4) is 0 Å². The maximum absolute atomic E-state index is 12.5. The summed E-state index contributed by atoms with van der Waals surface area (Å²) in [7, 11) is -2.92. The molecule has 2 rings (SSSR count). The molecule has 0 aliphatic rings. The number of nitrogens with one attached hydrogen (secondary N) is 3. The van der Waals surface area contributed by atoms with Gasteiger partial charge in [-0.25, -0.2) is 26.3 Å². The smallest absolute Gasteiger partial charge is 0.244 e. The topological polar surface area (TPSA) is 145 Å². The van der Waals surface area contributed by atoms with Crippen molar-refractivity contribution in [1.82, 2.24) is 14.0 Å². The molecule has 0 bridgehead atoms. The van der Waals surface area contributed by atoms with Crippen molar-refractivity contribution in [3.63, 3.8) is 0 Å². The minimum atomic E-state index is -4.07. The molecule has 0 fully saturated rings. The molecule has 0 unspecified atom stereocenters. The first kappa shape index (κ1) is 22.7. The highest BCUT2D eigenvalue weighted by molar-refractivity contribution is 7.92.